The Morgan fingerprint density at radius 3 is 2.53 bits per heavy atom. The lowest BCUT2D eigenvalue weighted by Crippen LogP contribution is -2.23. The number of rotatable bonds is 6. The first-order valence-corrected chi connectivity index (χ1v) is 7.59. The first-order chi connectivity index (χ1) is 8.70. The van der Waals surface area contributed by atoms with Crippen molar-refractivity contribution >= 4 is 21.4 Å². The minimum atomic E-state index is -3.85. The third-order valence-electron chi connectivity index (χ3n) is 2.58. The van der Waals surface area contributed by atoms with Gasteiger partial charge in [0, 0.05) is 12.2 Å². The normalized spacial score (nSPS) is 13.5. The van der Waals surface area contributed by atoms with Crippen molar-refractivity contribution < 1.29 is 13.5 Å². The Bertz CT molecular complexity index is 529. The van der Waals surface area contributed by atoms with Crippen molar-refractivity contribution in [3.05, 3.63) is 18.2 Å². The molecule has 7 heteroatoms. The molecular formula is C12H21N3O3S. The van der Waals surface area contributed by atoms with Gasteiger partial charge in [0.2, 0.25) is 10.0 Å². The molecule has 19 heavy (non-hydrogen) atoms. The van der Waals surface area contributed by atoms with E-state index in [1.807, 2.05) is 13.8 Å². The van der Waals surface area contributed by atoms with Crippen LogP contribution in [0.4, 0.5) is 11.4 Å². The molecule has 1 atom stereocenters. The van der Waals surface area contributed by atoms with Crippen molar-refractivity contribution in [1.82, 2.24) is 0 Å². The maximum atomic E-state index is 11.4. The Hall–Kier alpha value is -1.31. The van der Waals surface area contributed by atoms with Crippen LogP contribution < -0.4 is 16.2 Å². The second-order valence-corrected chi connectivity index (χ2v) is 6.49. The molecule has 0 aliphatic heterocycles. The topological polar surface area (TPSA) is 118 Å². The fourth-order valence-electron chi connectivity index (χ4n) is 1.78. The smallest absolute Gasteiger partial charge is 0.240 e. The predicted octanol–water partition coefficient (Wildman–Crippen LogP) is 0.735. The molecule has 0 saturated heterocycles. The summed E-state index contributed by atoms with van der Waals surface area (Å²) in [6.07, 6.45) is 0.0815. The lowest BCUT2D eigenvalue weighted by atomic mass is 10.1. The van der Waals surface area contributed by atoms with E-state index >= 15 is 0 Å². The highest BCUT2D eigenvalue weighted by molar-refractivity contribution is 7.89. The van der Waals surface area contributed by atoms with Gasteiger partial charge in [0.15, 0.2) is 0 Å². The second-order valence-electron chi connectivity index (χ2n) is 4.96. The summed E-state index contributed by atoms with van der Waals surface area (Å²) in [6.45, 7) is 4.26. The molecule has 0 fully saturated rings. The molecule has 0 spiro atoms. The van der Waals surface area contributed by atoms with Crippen LogP contribution >= 0.6 is 0 Å². The SMILES string of the molecule is CC(C)CC(O)CNc1ccc(N)cc1S(N)(=O)=O. The summed E-state index contributed by atoms with van der Waals surface area (Å²) in [4.78, 5) is -0.0655. The second kappa shape index (κ2) is 6.23. The van der Waals surface area contributed by atoms with Crippen molar-refractivity contribution in [2.24, 2.45) is 11.1 Å². The zero-order valence-electron chi connectivity index (χ0n) is 11.1. The Kier molecular flexibility index (Phi) is 5.16. The maximum absolute atomic E-state index is 11.4. The summed E-state index contributed by atoms with van der Waals surface area (Å²) in [5.74, 6) is 0.362. The molecule has 0 heterocycles. The molecule has 0 amide bonds. The Balaban J connectivity index is 2.84. The van der Waals surface area contributed by atoms with Crippen LogP contribution in [0.3, 0.4) is 0 Å². The van der Waals surface area contributed by atoms with Crippen molar-refractivity contribution in [2.75, 3.05) is 17.6 Å². The molecule has 1 aromatic rings. The van der Waals surface area contributed by atoms with Gasteiger partial charge in [-0.15, -0.1) is 0 Å². The molecular weight excluding hydrogens is 266 g/mol. The lowest BCUT2D eigenvalue weighted by molar-refractivity contribution is 0.161. The Morgan fingerprint density at radius 2 is 2.00 bits per heavy atom. The highest BCUT2D eigenvalue weighted by atomic mass is 32.2. The number of sulfonamides is 1. The van der Waals surface area contributed by atoms with E-state index in [1.54, 1.807) is 6.07 Å². The van der Waals surface area contributed by atoms with Crippen LogP contribution in [0.2, 0.25) is 0 Å². The molecule has 1 unspecified atom stereocenters. The van der Waals surface area contributed by atoms with E-state index < -0.39 is 16.1 Å². The first-order valence-electron chi connectivity index (χ1n) is 6.04. The molecule has 1 aromatic carbocycles. The van der Waals surface area contributed by atoms with Crippen LogP contribution in [0, 0.1) is 5.92 Å². The van der Waals surface area contributed by atoms with Gasteiger partial charge >= 0.3 is 0 Å². The molecule has 108 valence electrons. The zero-order valence-corrected chi connectivity index (χ0v) is 11.9. The summed E-state index contributed by atoms with van der Waals surface area (Å²) in [5, 5.41) is 17.8. The maximum Gasteiger partial charge on any atom is 0.240 e. The van der Waals surface area contributed by atoms with Gasteiger partial charge in [-0.25, -0.2) is 13.6 Å². The number of nitrogen functional groups attached to an aromatic ring is 1. The minimum absolute atomic E-state index is 0.0655. The van der Waals surface area contributed by atoms with Gasteiger partial charge in [0.05, 0.1) is 11.8 Å². The van der Waals surface area contributed by atoms with E-state index in [-0.39, 0.29) is 11.4 Å². The van der Waals surface area contributed by atoms with Crippen molar-refractivity contribution in [2.45, 2.75) is 31.3 Å². The van der Waals surface area contributed by atoms with E-state index in [1.165, 1.54) is 12.1 Å². The quantitative estimate of drug-likeness (QED) is 0.575. The number of aliphatic hydroxyl groups excluding tert-OH is 1. The number of hydrogen-bond acceptors (Lipinski definition) is 5. The van der Waals surface area contributed by atoms with E-state index in [0.717, 1.165) is 0 Å². The van der Waals surface area contributed by atoms with E-state index in [4.69, 9.17) is 10.9 Å². The molecule has 0 saturated carbocycles. The van der Waals surface area contributed by atoms with Crippen molar-refractivity contribution in [3.63, 3.8) is 0 Å². The monoisotopic (exact) mass is 287 g/mol. The summed E-state index contributed by atoms with van der Waals surface area (Å²) in [7, 11) is -3.85. The molecule has 0 aliphatic carbocycles. The van der Waals surface area contributed by atoms with E-state index in [0.29, 0.717) is 23.7 Å². The molecule has 0 aliphatic rings. The van der Waals surface area contributed by atoms with E-state index in [2.05, 4.69) is 5.32 Å². The van der Waals surface area contributed by atoms with Crippen molar-refractivity contribution in [1.29, 1.82) is 0 Å². The van der Waals surface area contributed by atoms with E-state index in [9.17, 15) is 13.5 Å². The fraction of sp³-hybridized carbons (Fsp3) is 0.500. The molecule has 6 N–H and O–H groups in total. The van der Waals surface area contributed by atoms with Gasteiger partial charge in [0.1, 0.15) is 4.90 Å². The Morgan fingerprint density at radius 1 is 1.37 bits per heavy atom. The zero-order chi connectivity index (χ0) is 14.6. The standard InChI is InChI=1S/C12H21N3O3S/c1-8(2)5-10(16)7-15-11-4-3-9(13)6-12(11)19(14,17)18/h3-4,6,8,10,15-16H,5,7,13H2,1-2H3,(H2,14,17,18). The third-order valence-corrected chi connectivity index (χ3v) is 3.53. The highest BCUT2D eigenvalue weighted by Crippen LogP contribution is 2.23. The van der Waals surface area contributed by atoms with Crippen molar-refractivity contribution in [3.8, 4) is 0 Å². The lowest BCUT2D eigenvalue weighted by Gasteiger charge is -2.16. The summed E-state index contributed by atoms with van der Waals surface area (Å²) in [6, 6.07) is 4.41. The van der Waals surface area contributed by atoms with Crippen LogP contribution in [0.5, 0.6) is 0 Å². The number of hydrogen-bond donors (Lipinski definition) is 4. The third kappa shape index (κ3) is 5.06. The predicted molar refractivity (Wildman–Crippen MR) is 76.2 cm³/mol. The average molecular weight is 287 g/mol. The van der Waals surface area contributed by atoms with Gasteiger partial charge in [-0.2, -0.15) is 0 Å². The van der Waals surface area contributed by atoms with Gasteiger partial charge in [-0.05, 0) is 30.5 Å². The largest absolute Gasteiger partial charge is 0.399 e. The van der Waals surface area contributed by atoms with Crippen LogP contribution in [-0.2, 0) is 10.0 Å². The van der Waals surface area contributed by atoms with Gasteiger partial charge in [0.25, 0.3) is 0 Å². The number of anilines is 2. The molecule has 6 nitrogen and oxygen atoms in total. The van der Waals surface area contributed by atoms with Gasteiger partial charge in [-0.1, -0.05) is 13.8 Å². The molecule has 1 rings (SSSR count). The molecule has 0 bridgehead atoms. The van der Waals surface area contributed by atoms with Crippen LogP contribution in [0.15, 0.2) is 23.1 Å². The van der Waals surface area contributed by atoms with Crippen LogP contribution in [0.25, 0.3) is 0 Å². The summed E-state index contributed by atoms with van der Waals surface area (Å²) >= 11 is 0. The summed E-state index contributed by atoms with van der Waals surface area (Å²) < 4.78 is 22.9. The number of primary sulfonamides is 1. The number of nitrogens with two attached hydrogens (primary N) is 2. The Labute approximate surface area is 113 Å². The van der Waals surface area contributed by atoms with Crippen LogP contribution in [0.1, 0.15) is 20.3 Å². The number of nitrogens with one attached hydrogen (secondary N) is 1. The minimum Gasteiger partial charge on any atom is -0.399 e. The molecule has 0 aromatic heterocycles. The van der Waals surface area contributed by atoms with Gasteiger partial charge < -0.3 is 16.2 Å². The molecule has 0 radical (unpaired) electrons. The van der Waals surface area contributed by atoms with Crippen LogP contribution in [-0.4, -0.2) is 26.2 Å². The first kappa shape index (κ1) is 15.7. The fourth-order valence-corrected chi connectivity index (χ4v) is 2.52. The average Bonchev–Trinajstić information content (AvgIpc) is 2.25. The number of benzene rings is 1. The number of aliphatic hydroxyl groups is 1. The highest BCUT2D eigenvalue weighted by Gasteiger charge is 2.15. The van der Waals surface area contributed by atoms with Gasteiger partial charge in [-0.3, -0.25) is 0 Å². The summed E-state index contributed by atoms with van der Waals surface area (Å²) in [5.41, 5.74) is 6.21.